The lowest BCUT2D eigenvalue weighted by Gasteiger charge is -2.06. The van der Waals surface area contributed by atoms with Gasteiger partial charge in [-0.05, 0) is 46.2 Å². The van der Waals surface area contributed by atoms with Crippen molar-refractivity contribution in [3.05, 3.63) is 71.8 Å². The number of hydrogen-bond acceptors (Lipinski definition) is 3. The zero-order valence-electron chi connectivity index (χ0n) is 12.1. The standard InChI is InChI=1S/C19H14O3/c1-22-19(21)18-8-7-16-10-15(5-6-17(16)11-18)14-4-2-3-13(9-14)12-20/h2-12H,1H3. The van der Waals surface area contributed by atoms with Crippen molar-refractivity contribution in [3.8, 4) is 11.1 Å². The molecule has 0 fully saturated rings. The van der Waals surface area contributed by atoms with Gasteiger partial charge in [-0.3, -0.25) is 4.79 Å². The average molecular weight is 290 g/mol. The average Bonchev–Trinajstić information content (AvgIpc) is 2.60. The number of fused-ring (bicyclic) bond motifs is 1. The summed E-state index contributed by atoms with van der Waals surface area (Å²) >= 11 is 0. The third-order valence-corrected chi connectivity index (χ3v) is 3.62. The Balaban J connectivity index is 2.06. The van der Waals surface area contributed by atoms with E-state index in [0.717, 1.165) is 28.2 Å². The molecule has 0 saturated heterocycles. The highest BCUT2D eigenvalue weighted by molar-refractivity contribution is 5.96. The second-order valence-electron chi connectivity index (χ2n) is 5.01. The predicted octanol–water partition coefficient (Wildman–Crippen LogP) is 4.11. The number of rotatable bonds is 3. The van der Waals surface area contributed by atoms with Gasteiger partial charge in [0.25, 0.3) is 0 Å². The number of hydrogen-bond donors (Lipinski definition) is 0. The van der Waals surface area contributed by atoms with Crippen LogP contribution < -0.4 is 0 Å². The van der Waals surface area contributed by atoms with Crippen molar-refractivity contribution in [1.82, 2.24) is 0 Å². The van der Waals surface area contributed by atoms with E-state index in [1.165, 1.54) is 7.11 Å². The van der Waals surface area contributed by atoms with Crippen molar-refractivity contribution in [3.63, 3.8) is 0 Å². The normalized spacial score (nSPS) is 10.4. The van der Waals surface area contributed by atoms with Gasteiger partial charge in [-0.15, -0.1) is 0 Å². The van der Waals surface area contributed by atoms with E-state index in [1.807, 2.05) is 48.5 Å². The highest BCUT2D eigenvalue weighted by atomic mass is 16.5. The quantitative estimate of drug-likeness (QED) is 0.538. The summed E-state index contributed by atoms with van der Waals surface area (Å²) in [6.45, 7) is 0. The molecule has 0 amide bonds. The summed E-state index contributed by atoms with van der Waals surface area (Å²) in [6.07, 6.45) is 0.840. The molecule has 0 unspecified atom stereocenters. The number of esters is 1. The van der Waals surface area contributed by atoms with Gasteiger partial charge in [0.05, 0.1) is 12.7 Å². The van der Waals surface area contributed by atoms with Crippen LogP contribution in [0.3, 0.4) is 0 Å². The molecule has 0 atom stereocenters. The third kappa shape index (κ3) is 2.61. The van der Waals surface area contributed by atoms with E-state index in [9.17, 15) is 9.59 Å². The van der Waals surface area contributed by atoms with Crippen LogP contribution in [0.25, 0.3) is 21.9 Å². The summed E-state index contributed by atoms with van der Waals surface area (Å²) in [6, 6.07) is 18.9. The Kier molecular flexibility index (Phi) is 3.71. The van der Waals surface area contributed by atoms with Crippen LogP contribution in [0.2, 0.25) is 0 Å². The fraction of sp³-hybridized carbons (Fsp3) is 0.0526. The molecule has 0 aliphatic heterocycles. The molecule has 0 saturated carbocycles. The molecular formula is C19H14O3. The van der Waals surface area contributed by atoms with E-state index in [0.29, 0.717) is 11.1 Å². The second-order valence-corrected chi connectivity index (χ2v) is 5.01. The fourth-order valence-electron chi connectivity index (χ4n) is 2.46. The van der Waals surface area contributed by atoms with Crippen LogP contribution in [-0.4, -0.2) is 19.4 Å². The second kappa shape index (κ2) is 5.82. The minimum atomic E-state index is -0.343. The predicted molar refractivity (Wildman–Crippen MR) is 86.1 cm³/mol. The molecule has 22 heavy (non-hydrogen) atoms. The monoisotopic (exact) mass is 290 g/mol. The van der Waals surface area contributed by atoms with Crippen LogP contribution in [-0.2, 0) is 4.74 Å². The molecule has 3 aromatic carbocycles. The van der Waals surface area contributed by atoms with Crippen LogP contribution in [0.15, 0.2) is 60.7 Å². The first-order valence-corrected chi connectivity index (χ1v) is 6.89. The highest BCUT2D eigenvalue weighted by Gasteiger charge is 2.07. The fourth-order valence-corrected chi connectivity index (χ4v) is 2.46. The zero-order valence-corrected chi connectivity index (χ0v) is 12.1. The molecule has 0 spiro atoms. The van der Waals surface area contributed by atoms with E-state index in [4.69, 9.17) is 4.74 Å². The molecule has 3 rings (SSSR count). The number of ether oxygens (including phenoxy) is 1. The summed E-state index contributed by atoms with van der Waals surface area (Å²) in [5.74, 6) is -0.343. The highest BCUT2D eigenvalue weighted by Crippen LogP contribution is 2.25. The van der Waals surface area contributed by atoms with Crippen LogP contribution >= 0.6 is 0 Å². The lowest BCUT2D eigenvalue weighted by Crippen LogP contribution is -2.00. The lowest BCUT2D eigenvalue weighted by atomic mass is 9.99. The summed E-state index contributed by atoms with van der Waals surface area (Å²) in [7, 11) is 1.37. The van der Waals surface area contributed by atoms with Crippen LogP contribution in [0.1, 0.15) is 20.7 Å². The van der Waals surface area contributed by atoms with Crippen molar-refractivity contribution < 1.29 is 14.3 Å². The largest absolute Gasteiger partial charge is 0.465 e. The summed E-state index contributed by atoms with van der Waals surface area (Å²) < 4.78 is 4.73. The maximum Gasteiger partial charge on any atom is 0.337 e. The minimum Gasteiger partial charge on any atom is -0.465 e. The maximum atomic E-state index is 11.6. The first-order valence-electron chi connectivity index (χ1n) is 6.89. The molecule has 3 heteroatoms. The first kappa shape index (κ1) is 14.0. The van der Waals surface area contributed by atoms with Crippen molar-refractivity contribution in [2.24, 2.45) is 0 Å². The van der Waals surface area contributed by atoms with Crippen molar-refractivity contribution in [2.75, 3.05) is 7.11 Å². The van der Waals surface area contributed by atoms with Gasteiger partial charge in [0.15, 0.2) is 0 Å². The lowest BCUT2D eigenvalue weighted by molar-refractivity contribution is 0.0601. The molecular weight excluding hydrogens is 276 g/mol. The van der Waals surface area contributed by atoms with Gasteiger partial charge in [0.1, 0.15) is 6.29 Å². The number of benzene rings is 3. The first-order chi connectivity index (χ1) is 10.7. The molecule has 0 bridgehead atoms. The molecule has 0 heterocycles. The van der Waals surface area contributed by atoms with Crippen LogP contribution in [0, 0.1) is 0 Å². The van der Waals surface area contributed by atoms with Gasteiger partial charge >= 0.3 is 5.97 Å². The van der Waals surface area contributed by atoms with Gasteiger partial charge in [-0.1, -0.05) is 36.4 Å². The van der Waals surface area contributed by atoms with Gasteiger partial charge in [-0.25, -0.2) is 4.79 Å². The van der Waals surface area contributed by atoms with Gasteiger partial charge < -0.3 is 4.74 Å². The Labute approximate surface area is 128 Å². The Morgan fingerprint density at radius 3 is 2.41 bits per heavy atom. The Morgan fingerprint density at radius 2 is 1.64 bits per heavy atom. The molecule has 0 aromatic heterocycles. The van der Waals surface area contributed by atoms with E-state index in [-0.39, 0.29) is 5.97 Å². The van der Waals surface area contributed by atoms with E-state index >= 15 is 0 Å². The number of aldehydes is 1. The molecule has 3 nitrogen and oxygen atoms in total. The summed E-state index contributed by atoms with van der Waals surface area (Å²) in [5, 5.41) is 2.00. The Bertz CT molecular complexity index is 865. The number of carbonyl (C=O) groups is 2. The Morgan fingerprint density at radius 1 is 0.909 bits per heavy atom. The molecule has 108 valence electrons. The maximum absolute atomic E-state index is 11.6. The smallest absolute Gasteiger partial charge is 0.337 e. The van der Waals surface area contributed by atoms with Crippen molar-refractivity contribution in [1.29, 1.82) is 0 Å². The molecule has 0 N–H and O–H groups in total. The van der Waals surface area contributed by atoms with E-state index < -0.39 is 0 Å². The van der Waals surface area contributed by atoms with E-state index in [2.05, 4.69) is 0 Å². The van der Waals surface area contributed by atoms with Crippen molar-refractivity contribution in [2.45, 2.75) is 0 Å². The Hall–Kier alpha value is -2.94. The number of methoxy groups -OCH3 is 1. The third-order valence-electron chi connectivity index (χ3n) is 3.62. The SMILES string of the molecule is COC(=O)c1ccc2cc(-c3cccc(C=O)c3)ccc2c1. The van der Waals surface area contributed by atoms with Crippen LogP contribution in [0.4, 0.5) is 0 Å². The molecule has 0 aliphatic rings. The molecule has 0 aliphatic carbocycles. The van der Waals surface area contributed by atoms with Gasteiger partial charge in [0, 0.05) is 5.56 Å². The topological polar surface area (TPSA) is 43.4 Å². The minimum absolute atomic E-state index is 0.343. The summed E-state index contributed by atoms with van der Waals surface area (Å²) in [5.41, 5.74) is 3.20. The van der Waals surface area contributed by atoms with Crippen LogP contribution in [0.5, 0.6) is 0 Å². The van der Waals surface area contributed by atoms with E-state index in [1.54, 1.807) is 12.1 Å². The van der Waals surface area contributed by atoms with Gasteiger partial charge in [-0.2, -0.15) is 0 Å². The zero-order chi connectivity index (χ0) is 15.5. The van der Waals surface area contributed by atoms with Crippen molar-refractivity contribution >= 4 is 23.0 Å². The number of carbonyl (C=O) groups excluding carboxylic acids is 2. The van der Waals surface area contributed by atoms with Gasteiger partial charge in [0.2, 0.25) is 0 Å². The summed E-state index contributed by atoms with van der Waals surface area (Å²) in [4.78, 5) is 22.4. The molecule has 3 aromatic rings. The molecule has 0 radical (unpaired) electrons.